The third kappa shape index (κ3) is 3.80. The van der Waals surface area contributed by atoms with Crippen molar-refractivity contribution in [1.82, 2.24) is 14.9 Å². The molecule has 2 aliphatic rings. The third-order valence-corrected chi connectivity index (χ3v) is 6.86. The molecular formula is C20H27N3O3S. The average molecular weight is 390 g/mol. The normalized spacial score (nSPS) is 23.3. The van der Waals surface area contributed by atoms with Crippen LogP contribution in [-0.4, -0.2) is 40.5 Å². The van der Waals surface area contributed by atoms with Crippen LogP contribution in [0.3, 0.4) is 0 Å². The minimum atomic E-state index is -0.112. The van der Waals surface area contributed by atoms with Crippen molar-refractivity contribution in [2.75, 3.05) is 19.7 Å². The summed E-state index contributed by atoms with van der Waals surface area (Å²) < 4.78 is 5.17. The Morgan fingerprint density at radius 2 is 2.26 bits per heavy atom. The molecule has 1 aliphatic carbocycles. The molecule has 1 aliphatic heterocycles. The van der Waals surface area contributed by atoms with E-state index in [1.54, 1.807) is 11.3 Å². The number of fused-ring (bicyclic) bond motifs is 3. The number of ether oxygens (including phenoxy) is 1. The number of nitrogens with one attached hydrogen (secondary N) is 1. The zero-order valence-electron chi connectivity index (χ0n) is 16.0. The smallest absolute Gasteiger partial charge is 0.310 e. The number of aromatic amines is 1. The second kappa shape index (κ2) is 7.72. The number of nitrogens with zero attached hydrogens (tertiary/aromatic N) is 2. The van der Waals surface area contributed by atoms with Gasteiger partial charge in [0, 0.05) is 11.4 Å². The second-order valence-corrected chi connectivity index (χ2v) is 8.95. The predicted molar refractivity (Wildman–Crippen MR) is 106 cm³/mol. The Kier molecular flexibility index (Phi) is 5.32. The van der Waals surface area contributed by atoms with Crippen molar-refractivity contribution in [2.45, 2.75) is 52.5 Å². The lowest BCUT2D eigenvalue weighted by Crippen LogP contribution is -2.39. The van der Waals surface area contributed by atoms with E-state index in [2.05, 4.69) is 16.8 Å². The minimum Gasteiger partial charge on any atom is -0.466 e. The maximum Gasteiger partial charge on any atom is 0.310 e. The summed E-state index contributed by atoms with van der Waals surface area (Å²) in [5.74, 6) is 1.18. The molecule has 1 fully saturated rings. The largest absolute Gasteiger partial charge is 0.466 e. The molecule has 0 bridgehead atoms. The molecule has 0 radical (unpaired) electrons. The highest BCUT2D eigenvalue weighted by Gasteiger charge is 2.28. The van der Waals surface area contributed by atoms with Gasteiger partial charge in [-0.2, -0.15) is 0 Å². The van der Waals surface area contributed by atoms with Gasteiger partial charge < -0.3 is 9.72 Å². The van der Waals surface area contributed by atoms with Crippen molar-refractivity contribution in [3.63, 3.8) is 0 Å². The number of hydrogen-bond acceptors (Lipinski definition) is 6. The summed E-state index contributed by atoms with van der Waals surface area (Å²) in [6, 6.07) is 0. The summed E-state index contributed by atoms with van der Waals surface area (Å²) in [5.41, 5.74) is 1.20. The van der Waals surface area contributed by atoms with Crippen molar-refractivity contribution in [3.8, 4) is 0 Å². The highest BCUT2D eigenvalue weighted by molar-refractivity contribution is 7.18. The van der Waals surface area contributed by atoms with Crippen LogP contribution in [0.25, 0.3) is 10.2 Å². The topological polar surface area (TPSA) is 75.3 Å². The van der Waals surface area contributed by atoms with Crippen molar-refractivity contribution < 1.29 is 9.53 Å². The molecule has 0 saturated carbocycles. The molecule has 0 unspecified atom stereocenters. The summed E-state index contributed by atoms with van der Waals surface area (Å²) >= 11 is 1.68. The number of rotatable bonds is 4. The Bertz CT molecular complexity index is 904. The lowest BCUT2D eigenvalue weighted by molar-refractivity contribution is -0.150. The Labute approximate surface area is 162 Å². The van der Waals surface area contributed by atoms with Gasteiger partial charge in [0.2, 0.25) is 0 Å². The van der Waals surface area contributed by atoms with Crippen LogP contribution in [0.5, 0.6) is 0 Å². The van der Waals surface area contributed by atoms with Crippen molar-refractivity contribution in [3.05, 3.63) is 26.6 Å². The SMILES string of the molecule is CCOC(=O)[C@H]1CCCN(Cc2nc3sc4c(c3c(=O)[nH]2)CC[C@H](C)C4)C1. The molecule has 146 valence electrons. The molecule has 7 heteroatoms. The van der Waals surface area contributed by atoms with Gasteiger partial charge >= 0.3 is 5.97 Å². The Morgan fingerprint density at radius 3 is 3.07 bits per heavy atom. The van der Waals surface area contributed by atoms with Crippen molar-refractivity contribution in [2.24, 2.45) is 11.8 Å². The summed E-state index contributed by atoms with van der Waals surface area (Å²) in [4.78, 5) is 36.9. The van der Waals surface area contributed by atoms with Gasteiger partial charge in [-0.15, -0.1) is 11.3 Å². The number of H-pyrrole nitrogens is 1. The molecule has 0 amide bonds. The van der Waals surface area contributed by atoms with Crippen LogP contribution in [0.1, 0.15) is 49.4 Å². The van der Waals surface area contributed by atoms with Gasteiger partial charge in [-0.05, 0) is 57.1 Å². The molecule has 2 aromatic heterocycles. The van der Waals surface area contributed by atoms with Crippen molar-refractivity contribution in [1.29, 1.82) is 0 Å². The molecule has 4 rings (SSSR count). The first kappa shape index (κ1) is 18.6. The number of likely N-dealkylation sites (tertiary alicyclic amines) is 1. The maximum atomic E-state index is 12.7. The predicted octanol–water partition coefficient (Wildman–Crippen LogP) is 2.88. The number of hydrogen-bond donors (Lipinski definition) is 1. The van der Waals surface area contributed by atoms with Gasteiger partial charge in [0.1, 0.15) is 10.7 Å². The second-order valence-electron chi connectivity index (χ2n) is 7.87. The molecule has 6 nitrogen and oxygen atoms in total. The quantitative estimate of drug-likeness (QED) is 0.814. The van der Waals surface area contributed by atoms with Crippen LogP contribution in [-0.2, 0) is 28.9 Å². The molecule has 2 aromatic rings. The van der Waals surface area contributed by atoms with E-state index < -0.39 is 0 Å². The number of carbonyl (C=O) groups is 1. The number of piperidine rings is 1. The van der Waals surface area contributed by atoms with Crippen LogP contribution in [0, 0.1) is 11.8 Å². The third-order valence-electron chi connectivity index (χ3n) is 5.71. The first-order chi connectivity index (χ1) is 13.0. The van der Waals surface area contributed by atoms with E-state index in [9.17, 15) is 9.59 Å². The number of esters is 1. The van der Waals surface area contributed by atoms with Crippen LogP contribution in [0.2, 0.25) is 0 Å². The lowest BCUT2D eigenvalue weighted by atomic mass is 9.89. The molecule has 0 spiro atoms. The lowest BCUT2D eigenvalue weighted by Gasteiger charge is -2.30. The number of aryl methyl sites for hydroxylation is 1. The fourth-order valence-corrected chi connectivity index (χ4v) is 5.73. The molecule has 1 N–H and O–H groups in total. The number of aromatic nitrogens is 2. The highest BCUT2D eigenvalue weighted by Crippen LogP contribution is 2.35. The zero-order chi connectivity index (χ0) is 19.0. The summed E-state index contributed by atoms with van der Waals surface area (Å²) in [6.07, 6.45) is 5.00. The molecule has 2 atom stereocenters. The van der Waals surface area contributed by atoms with Gasteiger partial charge in [0.05, 0.1) is 24.5 Å². The average Bonchev–Trinajstić information content (AvgIpc) is 2.99. The minimum absolute atomic E-state index is 0.0130. The Balaban J connectivity index is 1.54. The monoisotopic (exact) mass is 389 g/mol. The van der Waals surface area contributed by atoms with Crippen LogP contribution in [0.15, 0.2) is 4.79 Å². The van der Waals surface area contributed by atoms with Gasteiger partial charge in [-0.1, -0.05) is 6.92 Å². The van der Waals surface area contributed by atoms with Crippen LogP contribution < -0.4 is 5.56 Å². The van der Waals surface area contributed by atoms with E-state index in [0.717, 1.165) is 48.9 Å². The van der Waals surface area contributed by atoms with E-state index in [0.29, 0.717) is 31.4 Å². The number of carbonyl (C=O) groups excluding carboxylic acids is 1. The van der Waals surface area contributed by atoms with E-state index in [4.69, 9.17) is 9.72 Å². The Hall–Kier alpha value is -1.73. The van der Waals surface area contributed by atoms with Gasteiger partial charge in [-0.3, -0.25) is 14.5 Å². The number of thiophene rings is 1. The summed E-state index contributed by atoms with van der Waals surface area (Å²) in [6.45, 7) is 6.67. The van der Waals surface area contributed by atoms with E-state index >= 15 is 0 Å². The first-order valence-electron chi connectivity index (χ1n) is 9.97. The molecule has 0 aromatic carbocycles. The fraction of sp³-hybridized carbons (Fsp3) is 0.650. The standard InChI is InChI=1S/C20H27N3O3S/c1-3-26-20(25)13-5-4-8-23(10-13)11-16-21-18(24)17-14-7-6-12(2)9-15(14)27-19(17)22-16/h12-13H,3-11H2,1-2H3,(H,21,22,24)/t12-,13-/m0/s1. The van der Waals surface area contributed by atoms with E-state index in [1.165, 1.54) is 10.4 Å². The first-order valence-corrected chi connectivity index (χ1v) is 10.8. The summed E-state index contributed by atoms with van der Waals surface area (Å²) in [5, 5.41) is 0.800. The fourth-order valence-electron chi connectivity index (χ4n) is 4.33. The molecule has 27 heavy (non-hydrogen) atoms. The van der Waals surface area contributed by atoms with Gasteiger partial charge in [0.25, 0.3) is 5.56 Å². The molecule has 3 heterocycles. The Morgan fingerprint density at radius 1 is 1.41 bits per heavy atom. The van der Waals surface area contributed by atoms with E-state index in [-0.39, 0.29) is 17.4 Å². The molecule has 1 saturated heterocycles. The maximum absolute atomic E-state index is 12.7. The van der Waals surface area contributed by atoms with Crippen LogP contribution in [0.4, 0.5) is 0 Å². The van der Waals surface area contributed by atoms with E-state index in [1.807, 2.05) is 6.92 Å². The van der Waals surface area contributed by atoms with Gasteiger partial charge in [0.15, 0.2) is 0 Å². The highest BCUT2D eigenvalue weighted by atomic mass is 32.1. The van der Waals surface area contributed by atoms with Crippen molar-refractivity contribution >= 4 is 27.5 Å². The van der Waals surface area contributed by atoms with Gasteiger partial charge in [-0.25, -0.2) is 4.98 Å². The summed E-state index contributed by atoms with van der Waals surface area (Å²) in [7, 11) is 0. The zero-order valence-corrected chi connectivity index (χ0v) is 16.9. The molecular weight excluding hydrogens is 362 g/mol. The van der Waals surface area contributed by atoms with Crippen LogP contribution >= 0.6 is 11.3 Å².